The number of carbonyl (C=O) groups excluding carboxylic acids is 1. The van der Waals surface area contributed by atoms with E-state index in [-0.39, 0.29) is 18.9 Å². The molecule has 9 heteroatoms. The van der Waals surface area contributed by atoms with Crippen molar-refractivity contribution >= 4 is 22.0 Å². The van der Waals surface area contributed by atoms with E-state index in [2.05, 4.69) is 9.46 Å². The van der Waals surface area contributed by atoms with Crippen molar-refractivity contribution in [3.8, 4) is 5.75 Å². The molecule has 0 aliphatic rings. The number of nitrogens with two attached hydrogens (primary N) is 1. The molecule has 20 heavy (non-hydrogen) atoms. The Labute approximate surface area is 117 Å². The molecule has 0 radical (unpaired) electrons. The second-order valence-corrected chi connectivity index (χ2v) is 4.98. The number of hydrogen-bond donors (Lipinski definition) is 3. The highest BCUT2D eigenvalue weighted by molar-refractivity contribution is 7.91. The third kappa shape index (κ3) is 5.33. The molecule has 0 saturated carbocycles. The van der Waals surface area contributed by atoms with Gasteiger partial charge in [-0.25, -0.2) is 9.52 Å². The van der Waals surface area contributed by atoms with Gasteiger partial charge in [-0.15, -0.1) is 0 Å². The first-order valence-electron chi connectivity index (χ1n) is 5.87. The molecule has 0 heterocycles. The van der Waals surface area contributed by atoms with Gasteiger partial charge in [0.1, 0.15) is 12.4 Å². The zero-order valence-electron chi connectivity index (χ0n) is 11.0. The van der Waals surface area contributed by atoms with E-state index >= 15 is 0 Å². The average molecular weight is 303 g/mol. The van der Waals surface area contributed by atoms with Crippen LogP contribution in [-0.2, 0) is 14.9 Å². The zero-order valence-corrected chi connectivity index (χ0v) is 11.8. The summed E-state index contributed by atoms with van der Waals surface area (Å²) in [7, 11) is -4.09. The SMILES string of the molecule is CCOC(=O)NS(=O)(=O)Nc1ccccc1OCCN. The van der Waals surface area contributed by atoms with Crippen LogP contribution >= 0.6 is 0 Å². The summed E-state index contributed by atoms with van der Waals surface area (Å²) in [5.41, 5.74) is 5.51. The Hall–Kier alpha value is -2.00. The van der Waals surface area contributed by atoms with Crippen LogP contribution in [0, 0.1) is 0 Å². The van der Waals surface area contributed by atoms with Crippen molar-refractivity contribution in [3.63, 3.8) is 0 Å². The summed E-state index contributed by atoms with van der Waals surface area (Å²) < 4.78 is 37.1. The lowest BCUT2D eigenvalue weighted by Gasteiger charge is -2.13. The van der Waals surface area contributed by atoms with Crippen LogP contribution in [0.3, 0.4) is 0 Å². The van der Waals surface area contributed by atoms with Crippen LogP contribution in [0.4, 0.5) is 10.5 Å². The maximum atomic E-state index is 11.7. The van der Waals surface area contributed by atoms with Gasteiger partial charge in [0.05, 0.1) is 12.3 Å². The van der Waals surface area contributed by atoms with E-state index in [0.29, 0.717) is 12.3 Å². The molecule has 1 aromatic rings. The third-order valence-corrected chi connectivity index (χ3v) is 2.92. The molecule has 8 nitrogen and oxygen atoms in total. The summed E-state index contributed by atoms with van der Waals surface area (Å²) in [6.45, 7) is 2.17. The van der Waals surface area contributed by atoms with Gasteiger partial charge in [-0.3, -0.25) is 4.72 Å². The van der Waals surface area contributed by atoms with Crippen molar-refractivity contribution in [2.45, 2.75) is 6.92 Å². The first-order valence-corrected chi connectivity index (χ1v) is 7.36. The van der Waals surface area contributed by atoms with Crippen LogP contribution in [-0.4, -0.2) is 34.3 Å². The molecule has 1 amide bonds. The van der Waals surface area contributed by atoms with Crippen LogP contribution in [0.15, 0.2) is 24.3 Å². The number of anilines is 1. The Morgan fingerprint density at radius 1 is 1.35 bits per heavy atom. The standard InChI is InChI=1S/C11H17N3O5S/c1-2-18-11(15)14-20(16,17)13-9-5-3-4-6-10(9)19-8-7-12/h3-6,13H,2,7-8,12H2,1H3,(H,14,15). The van der Waals surface area contributed by atoms with Crippen molar-refractivity contribution in [2.24, 2.45) is 5.73 Å². The predicted octanol–water partition coefficient (Wildman–Crippen LogP) is 0.427. The quantitative estimate of drug-likeness (QED) is 0.672. The maximum absolute atomic E-state index is 11.7. The van der Waals surface area contributed by atoms with E-state index in [9.17, 15) is 13.2 Å². The van der Waals surface area contributed by atoms with Gasteiger partial charge in [-0.2, -0.15) is 8.42 Å². The van der Waals surface area contributed by atoms with Gasteiger partial charge in [0.15, 0.2) is 0 Å². The maximum Gasteiger partial charge on any atom is 0.422 e. The molecule has 0 atom stereocenters. The fraction of sp³-hybridized carbons (Fsp3) is 0.364. The number of amides is 1. The van der Waals surface area contributed by atoms with Gasteiger partial charge in [0.25, 0.3) is 0 Å². The summed E-state index contributed by atoms with van der Waals surface area (Å²) in [6, 6.07) is 6.38. The minimum absolute atomic E-state index is 0.0670. The van der Waals surface area contributed by atoms with E-state index in [4.69, 9.17) is 10.5 Å². The Morgan fingerprint density at radius 2 is 2.05 bits per heavy atom. The lowest BCUT2D eigenvalue weighted by molar-refractivity contribution is 0.159. The smallest absolute Gasteiger partial charge is 0.422 e. The highest BCUT2D eigenvalue weighted by Gasteiger charge is 2.16. The fourth-order valence-corrected chi connectivity index (χ4v) is 2.07. The van der Waals surface area contributed by atoms with Crippen molar-refractivity contribution in [1.82, 2.24) is 4.72 Å². The Morgan fingerprint density at radius 3 is 2.70 bits per heavy atom. The number of nitrogens with one attached hydrogen (secondary N) is 2. The van der Waals surface area contributed by atoms with Gasteiger partial charge < -0.3 is 15.2 Å². The van der Waals surface area contributed by atoms with Crippen molar-refractivity contribution in [2.75, 3.05) is 24.5 Å². The number of rotatable bonds is 7. The van der Waals surface area contributed by atoms with E-state index in [1.54, 1.807) is 29.8 Å². The molecule has 0 bridgehead atoms. The number of para-hydroxylation sites is 2. The topological polar surface area (TPSA) is 120 Å². The minimum Gasteiger partial charge on any atom is -0.490 e. The molecule has 0 aromatic heterocycles. The highest BCUT2D eigenvalue weighted by atomic mass is 32.2. The summed E-state index contributed by atoms with van der Waals surface area (Å²) in [5, 5.41) is 0. The number of carbonyl (C=O) groups is 1. The number of ether oxygens (including phenoxy) is 2. The van der Waals surface area contributed by atoms with Crippen molar-refractivity contribution in [3.05, 3.63) is 24.3 Å². The highest BCUT2D eigenvalue weighted by Crippen LogP contribution is 2.24. The van der Waals surface area contributed by atoms with Crippen molar-refractivity contribution < 1.29 is 22.7 Å². The van der Waals surface area contributed by atoms with Crippen LogP contribution in [0.2, 0.25) is 0 Å². The number of hydrogen-bond acceptors (Lipinski definition) is 6. The van der Waals surface area contributed by atoms with E-state index in [0.717, 1.165) is 0 Å². The van der Waals surface area contributed by atoms with E-state index in [1.165, 1.54) is 6.07 Å². The molecule has 1 aromatic carbocycles. The summed E-state index contributed by atoms with van der Waals surface area (Å²) in [4.78, 5) is 11.1. The monoisotopic (exact) mass is 303 g/mol. The molecular formula is C11H17N3O5S. The molecule has 0 aliphatic carbocycles. The first-order chi connectivity index (χ1) is 9.48. The van der Waals surface area contributed by atoms with Crippen LogP contribution in [0.5, 0.6) is 5.75 Å². The van der Waals surface area contributed by atoms with Gasteiger partial charge >= 0.3 is 16.3 Å². The van der Waals surface area contributed by atoms with Crippen LogP contribution in [0.25, 0.3) is 0 Å². The fourth-order valence-electron chi connectivity index (χ4n) is 1.29. The van der Waals surface area contributed by atoms with Crippen LogP contribution in [0.1, 0.15) is 6.92 Å². The van der Waals surface area contributed by atoms with Gasteiger partial charge in [-0.1, -0.05) is 12.1 Å². The molecule has 0 saturated heterocycles. The molecule has 1 rings (SSSR count). The molecule has 4 N–H and O–H groups in total. The summed E-state index contributed by atoms with van der Waals surface area (Å²) in [5.74, 6) is 0.312. The van der Waals surface area contributed by atoms with Crippen LogP contribution < -0.4 is 19.9 Å². The minimum atomic E-state index is -4.09. The molecule has 112 valence electrons. The zero-order chi connectivity index (χ0) is 15.0. The molecule has 0 unspecified atom stereocenters. The predicted molar refractivity (Wildman–Crippen MR) is 73.7 cm³/mol. The van der Waals surface area contributed by atoms with E-state index in [1.807, 2.05) is 0 Å². The molecule has 0 fully saturated rings. The van der Waals surface area contributed by atoms with Gasteiger partial charge in [0, 0.05) is 6.54 Å². The van der Waals surface area contributed by atoms with Gasteiger partial charge in [0.2, 0.25) is 0 Å². The van der Waals surface area contributed by atoms with Crippen molar-refractivity contribution in [1.29, 1.82) is 0 Å². The Kier molecular flexibility index (Phi) is 6.07. The molecule has 0 spiro atoms. The normalized spacial score (nSPS) is 10.7. The molecular weight excluding hydrogens is 286 g/mol. The second kappa shape index (κ2) is 7.56. The summed E-state index contributed by atoms with van der Waals surface area (Å²) >= 11 is 0. The number of benzene rings is 1. The lowest BCUT2D eigenvalue weighted by atomic mass is 10.3. The second-order valence-electron chi connectivity index (χ2n) is 3.56. The van der Waals surface area contributed by atoms with E-state index < -0.39 is 16.3 Å². The Balaban J connectivity index is 2.78. The Bertz CT molecular complexity index is 547. The first kappa shape index (κ1) is 16.1. The summed E-state index contributed by atoms with van der Waals surface area (Å²) in [6.07, 6.45) is -1.06. The largest absolute Gasteiger partial charge is 0.490 e. The van der Waals surface area contributed by atoms with Gasteiger partial charge in [-0.05, 0) is 19.1 Å². The average Bonchev–Trinajstić information content (AvgIpc) is 2.36. The lowest BCUT2D eigenvalue weighted by Crippen LogP contribution is -2.35. The third-order valence-electron chi connectivity index (χ3n) is 2.00. The molecule has 0 aliphatic heterocycles.